The molecule has 6 nitrogen and oxygen atoms in total. The van der Waals surface area contributed by atoms with E-state index in [9.17, 15) is 27.7 Å². The number of ketones is 2. The quantitative estimate of drug-likeness (QED) is 0.673. The largest absolute Gasteiger partial charge is 0.744 e. The molecule has 1 N–H and O–H groups in total. The number of aromatic hydroxyl groups is 1. The number of phenols is 1. The van der Waals surface area contributed by atoms with E-state index in [-0.39, 0.29) is 22.3 Å². The fraction of sp³-hybridized carbons (Fsp3) is 0. The van der Waals surface area contributed by atoms with Gasteiger partial charge in [-0.15, -0.1) is 0 Å². The molecular formula is C14H7O6S-. The van der Waals surface area contributed by atoms with Crippen LogP contribution in [0.1, 0.15) is 31.8 Å². The van der Waals surface area contributed by atoms with Crippen LogP contribution in [0.15, 0.2) is 41.3 Å². The second-order valence-corrected chi connectivity index (χ2v) is 5.87. The molecule has 21 heavy (non-hydrogen) atoms. The Kier molecular flexibility index (Phi) is 2.72. The lowest BCUT2D eigenvalue weighted by Gasteiger charge is -2.19. The lowest BCUT2D eigenvalue weighted by atomic mass is 9.84. The van der Waals surface area contributed by atoms with Crippen LogP contribution in [-0.2, 0) is 10.1 Å². The van der Waals surface area contributed by atoms with E-state index in [2.05, 4.69) is 0 Å². The molecular weight excluding hydrogens is 296 g/mol. The third-order valence-corrected chi connectivity index (χ3v) is 4.14. The van der Waals surface area contributed by atoms with E-state index >= 15 is 0 Å². The van der Waals surface area contributed by atoms with Gasteiger partial charge < -0.3 is 9.66 Å². The van der Waals surface area contributed by atoms with Crippen molar-refractivity contribution in [3.05, 3.63) is 58.7 Å². The van der Waals surface area contributed by atoms with Gasteiger partial charge in [0.05, 0.1) is 4.90 Å². The van der Waals surface area contributed by atoms with Gasteiger partial charge in [-0.05, 0) is 12.1 Å². The molecule has 0 unspecified atom stereocenters. The third-order valence-electron chi connectivity index (χ3n) is 3.27. The molecule has 0 heterocycles. The van der Waals surface area contributed by atoms with Crippen molar-refractivity contribution in [3.63, 3.8) is 0 Å². The fourth-order valence-electron chi connectivity index (χ4n) is 2.31. The second-order valence-electron chi connectivity index (χ2n) is 4.52. The summed E-state index contributed by atoms with van der Waals surface area (Å²) in [7, 11) is -4.95. The van der Waals surface area contributed by atoms with Crippen LogP contribution in [0.25, 0.3) is 0 Å². The van der Waals surface area contributed by atoms with Gasteiger partial charge in [-0.25, -0.2) is 8.42 Å². The third kappa shape index (κ3) is 1.94. The van der Waals surface area contributed by atoms with Gasteiger partial charge in [0.15, 0.2) is 11.6 Å². The molecule has 1 aliphatic rings. The summed E-state index contributed by atoms with van der Waals surface area (Å²) in [6.45, 7) is 0. The van der Waals surface area contributed by atoms with Crippen molar-refractivity contribution in [2.24, 2.45) is 0 Å². The highest BCUT2D eigenvalue weighted by Gasteiger charge is 2.31. The van der Waals surface area contributed by atoms with Gasteiger partial charge in [-0.1, -0.05) is 24.3 Å². The zero-order valence-corrected chi connectivity index (χ0v) is 11.2. The SMILES string of the molecule is O=C1c2ccccc2C(=O)c2cc(S(=O)(=O)[O-])c(O)cc21. The second kappa shape index (κ2) is 4.24. The van der Waals surface area contributed by atoms with Crippen LogP contribution >= 0.6 is 0 Å². The van der Waals surface area contributed by atoms with E-state index in [0.717, 1.165) is 12.1 Å². The maximum atomic E-state index is 12.3. The molecule has 0 aromatic heterocycles. The summed E-state index contributed by atoms with van der Waals surface area (Å²) in [5, 5.41) is 9.61. The van der Waals surface area contributed by atoms with Crippen LogP contribution in [0, 0.1) is 0 Å². The average Bonchev–Trinajstić information content (AvgIpc) is 2.43. The summed E-state index contributed by atoms with van der Waals surface area (Å²) in [4.78, 5) is 23.7. The zero-order valence-electron chi connectivity index (χ0n) is 10.4. The Labute approximate surface area is 119 Å². The minimum atomic E-state index is -4.95. The molecule has 0 spiro atoms. The van der Waals surface area contributed by atoms with Gasteiger partial charge in [0.2, 0.25) is 0 Å². The topological polar surface area (TPSA) is 112 Å². The van der Waals surface area contributed by atoms with Crippen molar-refractivity contribution in [1.29, 1.82) is 0 Å². The minimum Gasteiger partial charge on any atom is -0.744 e. The smallest absolute Gasteiger partial charge is 0.194 e. The molecule has 106 valence electrons. The first-order chi connectivity index (χ1) is 9.80. The molecule has 0 bridgehead atoms. The molecule has 0 fully saturated rings. The summed E-state index contributed by atoms with van der Waals surface area (Å²) in [5.74, 6) is -1.92. The first kappa shape index (κ1) is 13.5. The first-order valence-corrected chi connectivity index (χ1v) is 7.23. The molecule has 7 heteroatoms. The minimum absolute atomic E-state index is 0.122. The molecule has 0 radical (unpaired) electrons. The molecule has 3 rings (SSSR count). The number of fused-ring (bicyclic) bond motifs is 2. The van der Waals surface area contributed by atoms with Crippen molar-refractivity contribution in [2.75, 3.05) is 0 Å². The Morgan fingerprint density at radius 1 is 0.857 bits per heavy atom. The monoisotopic (exact) mass is 303 g/mol. The summed E-state index contributed by atoms with van der Waals surface area (Å²) in [6, 6.07) is 7.66. The maximum absolute atomic E-state index is 12.3. The standard InChI is InChI=1S/C14H8O6S/c15-11-5-9-10(6-12(11)21(18,19)20)14(17)8-4-2-1-3-7(8)13(9)16/h1-6,15H,(H,18,19,20)/p-1. The van der Waals surface area contributed by atoms with Gasteiger partial charge >= 0.3 is 0 Å². The van der Waals surface area contributed by atoms with Crippen LogP contribution in [-0.4, -0.2) is 29.6 Å². The molecule has 0 aliphatic heterocycles. The van der Waals surface area contributed by atoms with Crippen molar-refractivity contribution < 1.29 is 27.7 Å². The maximum Gasteiger partial charge on any atom is 0.194 e. The summed E-state index contributed by atoms with van der Waals surface area (Å²) < 4.78 is 33.2. The number of hydrogen-bond donors (Lipinski definition) is 1. The van der Waals surface area contributed by atoms with Gasteiger partial charge in [-0.3, -0.25) is 9.59 Å². The Bertz CT molecular complexity index is 911. The normalized spacial score (nSPS) is 13.8. The number of carbonyl (C=O) groups excluding carboxylic acids is 2. The van der Waals surface area contributed by atoms with Gasteiger partial charge in [0.25, 0.3) is 0 Å². The van der Waals surface area contributed by atoms with Gasteiger partial charge in [-0.2, -0.15) is 0 Å². The highest BCUT2D eigenvalue weighted by Crippen LogP contribution is 2.33. The Hall–Kier alpha value is -2.51. The molecule has 0 saturated heterocycles. The number of carbonyl (C=O) groups is 2. The average molecular weight is 303 g/mol. The van der Waals surface area contributed by atoms with E-state index in [1.165, 1.54) is 12.1 Å². The predicted octanol–water partition coefficient (Wildman–Crippen LogP) is 1.07. The first-order valence-electron chi connectivity index (χ1n) is 5.82. The molecule has 2 aromatic rings. The summed E-state index contributed by atoms with van der Waals surface area (Å²) >= 11 is 0. The number of rotatable bonds is 1. The summed E-state index contributed by atoms with van der Waals surface area (Å²) in [5.41, 5.74) is -0.0170. The number of phenolic OH excluding ortho intramolecular Hbond substituents is 1. The lowest BCUT2D eigenvalue weighted by Crippen LogP contribution is -2.21. The molecule has 0 atom stereocenters. The van der Waals surface area contributed by atoms with Crippen LogP contribution in [0.2, 0.25) is 0 Å². The number of benzene rings is 2. The predicted molar refractivity (Wildman–Crippen MR) is 69.4 cm³/mol. The highest BCUT2D eigenvalue weighted by molar-refractivity contribution is 7.85. The number of hydrogen-bond acceptors (Lipinski definition) is 6. The van der Waals surface area contributed by atoms with E-state index in [4.69, 9.17) is 0 Å². The Morgan fingerprint density at radius 3 is 1.81 bits per heavy atom. The molecule has 2 aromatic carbocycles. The molecule has 1 aliphatic carbocycles. The van der Waals surface area contributed by atoms with Crippen LogP contribution in [0.4, 0.5) is 0 Å². The van der Waals surface area contributed by atoms with Crippen LogP contribution < -0.4 is 0 Å². The van der Waals surface area contributed by atoms with Crippen molar-refractivity contribution >= 4 is 21.7 Å². The van der Waals surface area contributed by atoms with Gasteiger partial charge in [0, 0.05) is 22.3 Å². The van der Waals surface area contributed by atoms with E-state index in [1.54, 1.807) is 12.1 Å². The Morgan fingerprint density at radius 2 is 1.33 bits per heavy atom. The van der Waals surface area contributed by atoms with Crippen LogP contribution in [0.5, 0.6) is 5.75 Å². The summed E-state index contributed by atoms with van der Waals surface area (Å²) in [6.07, 6.45) is 0. The molecule has 0 amide bonds. The van der Waals surface area contributed by atoms with E-state index < -0.39 is 32.3 Å². The van der Waals surface area contributed by atoms with Crippen LogP contribution in [0.3, 0.4) is 0 Å². The van der Waals surface area contributed by atoms with E-state index in [0.29, 0.717) is 0 Å². The van der Waals surface area contributed by atoms with E-state index in [1.807, 2.05) is 0 Å². The van der Waals surface area contributed by atoms with Crippen molar-refractivity contribution in [1.82, 2.24) is 0 Å². The Balaban J connectivity index is 2.34. The van der Waals surface area contributed by atoms with Crippen molar-refractivity contribution in [3.8, 4) is 5.75 Å². The van der Waals surface area contributed by atoms with Crippen molar-refractivity contribution in [2.45, 2.75) is 4.90 Å². The lowest BCUT2D eigenvalue weighted by molar-refractivity contribution is 0.0978. The van der Waals surface area contributed by atoms with Gasteiger partial charge in [0.1, 0.15) is 15.9 Å². The fourth-order valence-corrected chi connectivity index (χ4v) is 2.89. The highest BCUT2D eigenvalue weighted by atomic mass is 32.2. The molecule has 0 saturated carbocycles. The zero-order chi connectivity index (χ0) is 15.4.